The number of hydrogen-bond donors (Lipinski definition) is 2. The van der Waals surface area contributed by atoms with Crippen LogP contribution in [0.2, 0.25) is 10.0 Å². The lowest BCUT2D eigenvalue weighted by Crippen LogP contribution is -2.41. The van der Waals surface area contributed by atoms with Crippen molar-refractivity contribution in [1.82, 2.24) is 4.90 Å². The minimum atomic E-state index is -0.944. The van der Waals surface area contributed by atoms with E-state index in [9.17, 15) is 9.59 Å². The Kier molecular flexibility index (Phi) is 4.80. The number of nitrogens with zero attached hydrogens (tertiary/aromatic N) is 1. The summed E-state index contributed by atoms with van der Waals surface area (Å²) in [5.41, 5.74) is 5.35. The molecule has 1 heterocycles. The second-order valence-corrected chi connectivity index (χ2v) is 5.47. The second-order valence-electron chi connectivity index (χ2n) is 4.69. The molecule has 1 aromatic rings. The van der Waals surface area contributed by atoms with Crippen LogP contribution in [0, 0.1) is 0 Å². The van der Waals surface area contributed by atoms with Gasteiger partial charge in [0, 0.05) is 25.9 Å². The summed E-state index contributed by atoms with van der Waals surface area (Å²) in [7, 11) is 0. The molecule has 2 amide bonds. The van der Waals surface area contributed by atoms with E-state index in [1.54, 1.807) is 0 Å². The minimum absolute atomic E-state index is 0.0461. The van der Waals surface area contributed by atoms with Gasteiger partial charge in [0.25, 0.3) is 5.91 Å². The second kappa shape index (κ2) is 6.41. The van der Waals surface area contributed by atoms with E-state index in [1.807, 2.05) is 0 Å². The highest BCUT2D eigenvalue weighted by atomic mass is 35.5. The van der Waals surface area contributed by atoms with Crippen LogP contribution in [0.1, 0.15) is 23.2 Å². The molecular weight excluding hydrogens is 319 g/mol. The van der Waals surface area contributed by atoms with Crippen LogP contribution in [0.3, 0.4) is 0 Å². The Balaban J connectivity index is 2.12. The number of hydrogen-bond acceptors (Lipinski definition) is 3. The van der Waals surface area contributed by atoms with Gasteiger partial charge in [0.1, 0.15) is 17.4 Å². The van der Waals surface area contributed by atoms with Crippen LogP contribution in [-0.4, -0.2) is 41.2 Å². The van der Waals surface area contributed by atoms with Gasteiger partial charge in [-0.1, -0.05) is 23.2 Å². The number of halogens is 2. The molecule has 3 N–H and O–H groups in total. The van der Waals surface area contributed by atoms with Gasteiger partial charge < -0.3 is 20.5 Å². The van der Waals surface area contributed by atoms with Crippen molar-refractivity contribution >= 4 is 35.2 Å². The summed E-state index contributed by atoms with van der Waals surface area (Å²) >= 11 is 11.8. The summed E-state index contributed by atoms with van der Waals surface area (Å²) in [6.45, 7) is 0.764. The molecule has 1 aliphatic rings. The molecule has 0 saturated carbocycles. The van der Waals surface area contributed by atoms with Gasteiger partial charge in [-0.25, -0.2) is 4.79 Å². The lowest BCUT2D eigenvalue weighted by atomic mass is 10.1. The molecule has 0 aromatic heterocycles. The lowest BCUT2D eigenvalue weighted by Gasteiger charge is -2.30. The highest BCUT2D eigenvalue weighted by molar-refractivity contribution is 6.44. The molecule has 0 radical (unpaired) electrons. The van der Waals surface area contributed by atoms with Crippen molar-refractivity contribution in [3.05, 3.63) is 27.7 Å². The smallest absolute Gasteiger partial charge is 0.407 e. The Bertz CT molecular complexity index is 572. The summed E-state index contributed by atoms with van der Waals surface area (Å²) in [4.78, 5) is 23.7. The van der Waals surface area contributed by atoms with E-state index in [1.165, 1.54) is 17.0 Å². The normalized spacial score (nSPS) is 15.8. The van der Waals surface area contributed by atoms with Crippen LogP contribution in [0.25, 0.3) is 0 Å². The largest absolute Gasteiger partial charge is 0.489 e. The number of ether oxygens (including phenoxy) is 1. The Hall–Kier alpha value is -1.66. The molecule has 1 saturated heterocycles. The lowest BCUT2D eigenvalue weighted by molar-refractivity contribution is 0.0876. The van der Waals surface area contributed by atoms with E-state index in [4.69, 9.17) is 38.8 Å². The number of likely N-dealkylation sites (tertiary alicyclic amines) is 1. The molecule has 0 atom stereocenters. The fraction of sp³-hybridized carbons (Fsp3) is 0.385. The molecule has 0 spiro atoms. The summed E-state index contributed by atoms with van der Waals surface area (Å²) in [5.74, 6) is -0.453. The van der Waals surface area contributed by atoms with Crippen LogP contribution in [0.5, 0.6) is 5.75 Å². The SMILES string of the molecule is NC(=O)c1c(OC2CCN(C(=O)O)CC2)ccc(Cl)c1Cl. The molecular formula is C13H14Cl2N2O4. The molecule has 0 aliphatic carbocycles. The Morgan fingerprint density at radius 3 is 2.43 bits per heavy atom. The van der Waals surface area contributed by atoms with Crippen LogP contribution in [0.15, 0.2) is 12.1 Å². The Morgan fingerprint density at radius 1 is 1.29 bits per heavy atom. The maximum Gasteiger partial charge on any atom is 0.407 e. The van der Waals surface area contributed by atoms with Crippen molar-refractivity contribution in [3.63, 3.8) is 0 Å². The summed E-state index contributed by atoms with van der Waals surface area (Å²) in [5, 5.41) is 9.17. The average Bonchev–Trinajstić information content (AvgIpc) is 2.43. The zero-order valence-electron chi connectivity index (χ0n) is 11.0. The van der Waals surface area contributed by atoms with E-state index >= 15 is 0 Å². The summed E-state index contributed by atoms with van der Waals surface area (Å²) in [6.07, 6.45) is -0.0769. The van der Waals surface area contributed by atoms with Crippen molar-refractivity contribution in [2.75, 3.05) is 13.1 Å². The molecule has 0 bridgehead atoms. The number of piperidine rings is 1. The van der Waals surface area contributed by atoms with E-state index in [2.05, 4.69) is 0 Å². The van der Waals surface area contributed by atoms with Gasteiger partial charge in [-0.05, 0) is 12.1 Å². The van der Waals surface area contributed by atoms with Gasteiger partial charge in [-0.3, -0.25) is 4.79 Å². The number of benzene rings is 1. The highest BCUT2D eigenvalue weighted by Gasteiger charge is 2.25. The van der Waals surface area contributed by atoms with Gasteiger partial charge in [0.2, 0.25) is 0 Å². The van der Waals surface area contributed by atoms with E-state index in [0.717, 1.165) is 0 Å². The predicted molar refractivity (Wildman–Crippen MR) is 78.2 cm³/mol. The van der Waals surface area contributed by atoms with E-state index < -0.39 is 12.0 Å². The molecule has 1 aliphatic heterocycles. The number of carbonyl (C=O) groups is 2. The first kappa shape index (κ1) is 15.7. The molecule has 114 valence electrons. The predicted octanol–water partition coefficient (Wildman–Crippen LogP) is 2.61. The van der Waals surface area contributed by atoms with Gasteiger partial charge in [0.05, 0.1) is 10.0 Å². The monoisotopic (exact) mass is 332 g/mol. The Morgan fingerprint density at radius 2 is 1.90 bits per heavy atom. The maximum absolute atomic E-state index is 11.5. The highest BCUT2D eigenvalue weighted by Crippen LogP contribution is 2.34. The van der Waals surface area contributed by atoms with Crippen molar-refractivity contribution in [2.24, 2.45) is 5.73 Å². The van der Waals surface area contributed by atoms with Crippen LogP contribution >= 0.6 is 23.2 Å². The Labute approximate surface area is 131 Å². The number of amides is 2. The molecule has 6 nitrogen and oxygen atoms in total. The van der Waals surface area contributed by atoms with E-state index in [0.29, 0.717) is 25.9 Å². The van der Waals surface area contributed by atoms with Gasteiger partial charge in [-0.15, -0.1) is 0 Å². The van der Waals surface area contributed by atoms with Crippen LogP contribution in [0.4, 0.5) is 4.79 Å². The number of carbonyl (C=O) groups excluding carboxylic acids is 1. The van der Waals surface area contributed by atoms with Crippen molar-refractivity contribution in [1.29, 1.82) is 0 Å². The molecule has 8 heteroatoms. The topological polar surface area (TPSA) is 92.9 Å². The van der Waals surface area contributed by atoms with E-state index in [-0.39, 0.29) is 27.5 Å². The zero-order valence-corrected chi connectivity index (χ0v) is 12.5. The number of carboxylic acid groups (broad SMARTS) is 1. The van der Waals surface area contributed by atoms with Gasteiger partial charge >= 0.3 is 6.09 Å². The minimum Gasteiger partial charge on any atom is -0.489 e. The van der Waals surface area contributed by atoms with Gasteiger partial charge in [-0.2, -0.15) is 0 Å². The molecule has 1 aromatic carbocycles. The third-order valence-electron chi connectivity index (χ3n) is 3.31. The summed E-state index contributed by atoms with van der Waals surface area (Å²) in [6, 6.07) is 3.07. The van der Waals surface area contributed by atoms with Gasteiger partial charge in [0.15, 0.2) is 0 Å². The standard InChI is InChI=1S/C13H14Cl2N2O4/c14-8-1-2-9(10(11(8)15)12(16)18)21-7-3-5-17(6-4-7)13(19)20/h1-2,7H,3-6H2,(H2,16,18)(H,19,20). The van der Waals surface area contributed by atoms with Crippen molar-refractivity contribution < 1.29 is 19.4 Å². The fourth-order valence-electron chi connectivity index (χ4n) is 2.21. The molecule has 21 heavy (non-hydrogen) atoms. The number of rotatable bonds is 3. The first-order valence-corrected chi connectivity index (χ1v) is 7.08. The number of primary amides is 1. The zero-order chi connectivity index (χ0) is 15.6. The summed E-state index contributed by atoms with van der Waals surface area (Å²) < 4.78 is 5.75. The van der Waals surface area contributed by atoms with Crippen LogP contribution in [-0.2, 0) is 0 Å². The maximum atomic E-state index is 11.5. The quantitative estimate of drug-likeness (QED) is 0.889. The first-order valence-electron chi connectivity index (χ1n) is 6.32. The fourth-order valence-corrected chi connectivity index (χ4v) is 2.61. The van der Waals surface area contributed by atoms with Crippen molar-refractivity contribution in [2.45, 2.75) is 18.9 Å². The third kappa shape index (κ3) is 3.51. The molecule has 2 rings (SSSR count). The van der Waals surface area contributed by atoms with Crippen LogP contribution < -0.4 is 10.5 Å². The number of nitrogens with two attached hydrogens (primary N) is 1. The molecule has 1 fully saturated rings. The third-order valence-corrected chi connectivity index (χ3v) is 4.11. The van der Waals surface area contributed by atoms with Crippen molar-refractivity contribution in [3.8, 4) is 5.75 Å². The molecule has 0 unspecified atom stereocenters. The first-order chi connectivity index (χ1) is 9.90. The average molecular weight is 333 g/mol.